The third-order valence-electron chi connectivity index (χ3n) is 13.8. The van der Waals surface area contributed by atoms with E-state index in [2.05, 4.69) is 223 Å². The van der Waals surface area contributed by atoms with Crippen LogP contribution in [0.4, 0.5) is 0 Å². The van der Waals surface area contributed by atoms with Crippen LogP contribution in [0, 0.1) is 20.8 Å². The largest absolute Gasteiger partial charge is 1.00 e. The number of hydrogen-bond donors (Lipinski definition) is 0. The van der Waals surface area contributed by atoms with E-state index in [-0.39, 0.29) is 42.3 Å². The fraction of sp³-hybridized carbons (Fsp3) is 0.542. The summed E-state index contributed by atoms with van der Waals surface area (Å²) in [5.74, 6) is 0. The molecule has 59 heavy (non-hydrogen) atoms. The molecular weight excluding hydrogens is 927 g/mol. The molecule has 0 aromatic heterocycles. The van der Waals surface area contributed by atoms with Gasteiger partial charge in [-0.15, -0.1) is 0 Å². The first-order valence-electron chi connectivity index (χ1n) is 21.5. The maximum absolute atomic E-state index is 3.04. The Morgan fingerprint density at radius 3 is 0.746 bits per heavy atom. The van der Waals surface area contributed by atoms with Crippen molar-refractivity contribution in [3.05, 3.63) is 73.7 Å². The van der Waals surface area contributed by atoms with Crippen LogP contribution in [0.1, 0.15) is 44.4 Å². The maximum Gasteiger partial charge on any atom is -1.00 e. The summed E-state index contributed by atoms with van der Waals surface area (Å²) in [4.78, 5) is 0. The zero-order chi connectivity index (χ0) is 43.5. The molecule has 0 fully saturated rings. The zero-order valence-corrected chi connectivity index (χ0v) is 52.9. The van der Waals surface area contributed by atoms with E-state index in [9.17, 15) is 0 Å². The molecule has 0 bridgehead atoms. The Bertz CT molecular complexity index is 1920. The van der Waals surface area contributed by atoms with Crippen molar-refractivity contribution in [1.82, 2.24) is 0 Å². The molecule has 1 aliphatic rings. The van der Waals surface area contributed by atoms with Crippen LogP contribution in [0.5, 0.6) is 0 Å². The van der Waals surface area contributed by atoms with Gasteiger partial charge in [-0.3, -0.25) is 0 Å². The number of halogens is 3. The van der Waals surface area contributed by atoms with Crippen molar-refractivity contribution < 1.29 is 57.7 Å². The first kappa shape index (κ1) is 57.3. The molecule has 1 aliphatic carbocycles. The van der Waals surface area contributed by atoms with E-state index < -0.39 is 56.5 Å². The van der Waals surface area contributed by atoms with Gasteiger partial charge in [-0.1, -0.05) is 0 Å². The van der Waals surface area contributed by atoms with Gasteiger partial charge in [-0.05, 0) is 0 Å². The van der Waals surface area contributed by atoms with Crippen LogP contribution in [0.2, 0.25) is 123 Å². The third kappa shape index (κ3) is 9.64. The average Bonchev–Trinajstić information content (AvgIpc) is 3.15. The van der Waals surface area contributed by atoms with Gasteiger partial charge in [-0.2, -0.15) is 0 Å². The minimum absolute atomic E-state index is 0. The number of benzene rings is 3. The fourth-order valence-electron chi connectivity index (χ4n) is 11.2. The van der Waals surface area contributed by atoms with E-state index in [4.69, 9.17) is 0 Å². The van der Waals surface area contributed by atoms with Gasteiger partial charge in [0.15, 0.2) is 0 Å². The van der Waals surface area contributed by atoms with E-state index in [1.165, 1.54) is 11.1 Å². The Balaban J connectivity index is 0.00000580. The molecular formula is C48H81Cl3Si7Ti. The molecule has 0 aliphatic heterocycles. The van der Waals surface area contributed by atoms with Crippen LogP contribution in [-0.4, -0.2) is 56.5 Å². The topological polar surface area (TPSA) is 0 Å². The van der Waals surface area contributed by atoms with Crippen LogP contribution in [0.15, 0.2) is 57.0 Å². The van der Waals surface area contributed by atoms with Crippen molar-refractivity contribution >= 4 is 103 Å². The molecule has 0 saturated heterocycles. The predicted octanol–water partition coefficient (Wildman–Crippen LogP) is 0.296. The van der Waals surface area contributed by atoms with Crippen LogP contribution in [0.25, 0.3) is 0 Å². The SMILES string of the molecule is CC1=C(C)C(C)([Si](c2ccc([Si](C)(C)C)c([Si](C)(C)C)c2C)(c2ccc([Si](C)(C)C)c([Si](C)(C)C)c2C)c2ccc([Si](C)(C)C)c([Si](C)(C)C)c2C)[C]([Ti+3])=C1C.[Cl-].[Cl-].[Cl-]. The van der Waals surface area contributed by atoms with Gasteiger partial charge in [0.1, 0.15) is 0 Å². The zero-order valence-electron chi connectivity index (χ0n) is 42.1. The van der Waals surface area contributed by atoms with E-state index in [0.717, 1.165) is 0 Å². The van der Waals surface area contributed by atoms with Gasteiger partial charge < -0.3 is 37.2 Å². The molecule has 1 unspecified atom stereocenters. The molecule has 4 rings (SSSR count). The Labute approximate surface area is 402 Å². The second kappa shape index (κ2) is 18.3. The fourth-order valence-corrected chi connectivity index (χ4v) is 37.7. The van der Waals surface area contributed by atoms with Gasteiger partial charge >= 0.3 is 369 Å². The minimum atomic E-state index is -3.04. The molecule has 0 spiro atoms. The van der Waals surface area contributed by atoms with Crippen molar-refractivity contribution in [2.24, 2.45) is 0 Å². The molecule has 3 aromatic rings. The smallest absolute Gasteiger partial charge is 1.00 e. The number of rotatable bonds is 10. The molecule has 11 heteroatoms. The Hall–Kier alpha value is 0.242. The first-order valence-corrected chi connectivity index (χ1v) is 45.3. The number of hydrogen-bond acceptors (Lipinski definition) is 0. The van der Waals surface area contributed by atoms with Crippen molar-refractivity contribution in [3.8, 4) is 0 Å². The van der Waals surface area contributed by atoms with Crippen molar-refractivity contribution in [3.63, 3.8) is 0 Å². The molecule has 0 radical (unpaired) electrons. The predicted molar refractivity (Wildman–Crippen MR) is 276 cm³/mol. The first-order chi connectivity index (χ1) is 24.9. The summed E-state index contributed by atoms with van der Waals surface area (Å²) in [5, 5.41) is 15.3. The normalized spacial score (nSPS) is 17.2. The standard InChI is InChI=1S/C48H81Si7.3ClH.Ti/c1-33-32-48(7,38(6)34(33)2)55(39-26-29-42(49(8,9)10)45(35(39)3)52(17,18)19,40-27-30-43(50(11,12)13)46(36(40)4)53(20,21)22)41-28-31-44(51(14,15)16)47(37(41)5)54(23,24)25;;;;/h26-31H,1-25H3;3*1H;/q;;;;+3/p-3. The summed E-state index contributed by atoms with van der Waals surface area (Å²) in [6.45, 7) is 64.8. The molecule has 326 valence electrons. The monoisotopic (exact) mass is 1010 g/mol. The molecule has 0 nitrogen and oxygen atoms in total. The Morgan fingerprint density at radius 2 is 0.576 bits per heavy atom. The van der Waals surface area contributed by atoms with E-state index >= 15 is 0 Å². The van der Waals surface area contributed by atoms with E-state index in [0.29, 0.717) is 0 Å². The quantitative estimate of drug-likeness (QED) is 0.203. The molecule has 0 amide bonds. The minimum Gasteiger partial charge on any atom is -1.00 e. The number of allylic oxidation sites excluding steroid dienone is 4. The molecule has 0 N–H and O–H groups in total. The maximum atomic E-state index is 2.74. The van der Waals surface area contributed by atoms with Crippen LogP contribution < -0.4 is 83.9 Å². The summed E-state index contributed by atoms with van der Waals surface area (Å²) in [6, 6.07) is 16.3. The van der Waals surface area contributed by atoms with Gasteiger partial charge in [0.05, 0.1) is 0 Å². The summed E-state index contributed by atoms with van der Waals surface area (Å²) >= 11 is 2.54. The molecule has 1 atom stereocenters. The second-order valence-corrected chi connectivity index (χ2v) is 59.1. The van der Waals surface area contributed by atoms with Crippen molar-refractivity contribution in [1.29, 1.82) is 0 Å². The average molecular weight is 1010 g/mol. The Kier molecular flexibility index (Phi) is 17.7. The molecule has 3 aromatic carbocycles. The van der Waals surface area contributed by atoms with Gasteiger partial charge in [-0.25, -0.2) is 0 Å². The summed E-state index contributed by atoms with van der Waals surface area (Å²) in [7, 11) is -13.4. The van der Waals surface area contributed by atoms with Crippen LogP contribution in [-0.2, 0) is 20.4 Å². The molecule has 0 heterocycles. The summed E-state index contributed by atoms with van der Waals surface area (Å²) in [5.41, 5.74) is 9.54. The van der Waals surface area contributed by atoms with Gasteiger partial charge in [0.25, 0.3) is 0 Å². The summed E-state index contributed by atoms with van der Waals surface area (Å²) < 4.78 is 1.61. The van der Waals surface area contributed by atoms with E-state index in [1.807, 2.05) is 0 Å². The molecule has 0 saturated carbocycles. The van der Waals surface area contributed by atoms with Gasteiger partial charge in [0.2, 0.25) is 0 Å². The van der Waals surface area contributed by atoms with Crippen molar-refractivity contribution in [2.45, 2.75) is 171 Å². The van der Waals surface area contributed by atoms with Gasteiger partial charge in [0, 0.05) is 0 Å². The second-order valence-electron chi connectivity index (χ2n) is 24.1. The van der Waals surface area contributed by atoms with Crippen molar-refractivity contribution in [2.75, 3.05) is 0 Å². The van der Waals surface area contributed by atoms with E-state index in [1.54, 1.807) is 72.8 Å². The summed E-state index contributed by atoms with van der Waals surface area (Å²) in [6.07, 6.45) is 0. The van der Waals surface area contributed by atoms with Crippen LogP contribution in [0.3, 0.4) is 0 Å². The Morgan fingerprint density at radius 1 is 0.356 bits per heavy atom. The third-order valence-corrected chi connectivity index (χ3v) is 35.0. The van der Waals surface area contributed by atoms with Crippen LogP contribution >= 0.6 is 0 Å².